The van der Waals surface area contributed by atoms with Gasteiger partial charge in [0.15, 0.2) is 5.54 Å². The lowest BCUT2D eigenvalue weighted by Gasteiger charge is -2.11. The number of esters is 1. The molecule has 1 saturated heterocycles. The predicted molar refractivity (Wildman–Crippen MR) is 36.0 cm³/mol. The highest BCUT2D eigenvalue weighted by Crippen LogP contribution is 2.32. The summed E-state index contributed by atoms with van der Waals surface area (Å²) in [6, 6.07) is 0. The molecule has 2 heterocycles. The summed E-state index contributed by atoms with van der Waals surface area (Å²) < 4.78 is 4.84. The summed E-state index contributed by atoms with van der Waals surface area (Å²) in [5.41, 5.74) is -0.444. The Morgan fingerprint density at radius 3 is 3.00 bits per heavy atom. The van der Waals surface area contributed by atoms with Gasteiger partial charge in [-0.2, -0.15) is 0 Å². The first kappa shape index (κ1) is 5.89. The van der Waals surface area contributed by atoms with Crippen molar-refractivity contribution in [1.82, 2.24) is 0 Å². The van der Waals surface area contributed by atoms with Gasteiger partial charge < -0.3 is 4.74 Å². The van der Waals surface area contributed by atoms with Gasteiger partial charge in [0.25, 0.3) is 0 Å². The first-order valence-corrected chi connectivity index (χ1v) is 3.54. The summed E-state index contributed by atoms with van der Waals surface area (Å²) in [5, 5.41) is 0. The van der Waals surface area contributed by atoms with E-state index in [1.807, 2.05) is 6.21 Å². The fourth-order valence-corrected chi connectivity index (χ4v) is 1.50. The maximum Gasteiger partial charge on any atom is 0.334 e. The van der Waals surface area contributed by atoms with Crippen LogP contribution in [0.15, 0.2) is 4.99 Å². The number of aliphatic imine (C=N–C) groups is 1. The number of hydrogen-bond donors (Lipinski definition) is 0. The van der Waals surface area contributed by atoms with Crippen molar-refractivity contribution in [3.63, 3.8) is 0 Å². The molecule has 2 aliphatic rings. The summed E-state index contributed by atoms with van der Waals surface area (Å²) in [5.74, 6) is -0.124. The first-order valence-electron chi connectivity index (χ1n) is 3.54. The molecular formula is C7H9NO2. The van der Waals surface area contributed by atoms with Gasteiger partial charge in [-0.25, -0.2) is 4.79 Å². The van der Waals surface area contributed by atoms with Crippen molar-refractivity contribution in [1.29, 1.82) is 0 Å². The normalized spacial score (nSPS) is 37.4. The van der Waals surface area contributed by atoms with Crippen LogP contribution in [0.3, 0.4) is 0 Å². The molecule has 0 amide bonds. The first-order chi connectivity index (χ1) is 4.83. The van der Waals surface area contributed by atoms with Crippen LogP contribution in [0, 0.1) is 0 Å². The molecule has 54 valence electrons. The number of cyclic esters (lactones) is 1. The third kappa shape index (κ3) is 0.602. The highest BCUT2D eigenvalue weighted by Gasteiger charge is 2.45. The smallest absolute Gasteiger partial charge is 0.334 e. The Kier molecular flexibility index (Phi) is 1.07. The molecule has 10 heavy (non-hydrogen) atoms. The minimum Gasteiger partial charge on any atom is -0.464 e. The van der Waals surface area contributed by atoms with Gasteiger partial charge in [-0.15, -0.1) is 0 Å². The minimum absolute atomic E-state index is 0.124. The minimum atomic E-state index is -0.444. The molecule has 2 rings (SSSR count). The van der Waals surface area contributed by atoms with Gasteiger partial charge in [0.1, 0.15) is 0 Å². The number of rotatable bonds is 0. The van der Waals surface area contributed by atoms with Crippen LogP contribution in [0.2, 0.25) is 0 Å². The molecule has 0 aromatic rings. The molecule has 0 aromatic heterocycles. The van der Waals surface area contributed by atoms with E-state index < -0.39 is 5.54 Å². The number of nitrogens with zero attached hydrogens (tertiary/aromatic N) is 1. The molecule has 0 saturated carbocycles. The second-order valence-electron chi connectivity index (χ2n) is 2.77. The topological polar surface area (TPSA) is 38.7 Å². The van der Waals surface area contributed by atoms with E-state index in [1.54, 1.807) is 0 Å². The molecule has 2 aliphatic heterocycles. The molecule has 0 radical (unpaired) electrons. The van der Waals surface area contributed by atoms with E-state index in [1.165, 1.54) is 0 Å². The van der Waals surface area contributed by atoms with Crippen molar-refractivity contribution in [2.24, 2.45) is 4.99 Å². The molecule has 1 fully saturated rings. The highest BCUT2D eigenvalue weighted by molar-refractivity contribution is 5.86. The van der Waals surface area contributed by atoms with Crippen molar-refractivity contribution in [2.75, 3.05) is 6.61 Å². The number of ether oxygens (including phenoxy) is 1. The maximum atomic E-state index is 11.1. The van der Waals surface area contributed by atoms with Gasteiger partial charge in [-0.3, -0.25) is 4.99 Å². The summed E-state index contributed by atoms with van der Waals surface area (Å²) in [7, 11) is 0. The lowest BCUT2D eigenvalue weighted by atomic mass is 9.96. The van der Waals surface area contributed by atoms with Crippen molar-refractivity contribution in [3.05, 3.63) is 0 Å². The standard InChI is InChI=1S/C7H9NO2/c9-6-7(3-5-10-6)2-1-4-8-7/h4H,1-3,5H2. The lowest BCUT2D eigenvalue weighted by Crippen LogP contribution is -2.28. The van der Waals surface area contributed by atoms with E-state index in [9.17, 15) is 4.79 Å². The van der Waals surface area contributed by atoms with Gasteiger partial charge in [0, 0.05) is 12.6 Å². The summed E-state index contributed by atoms with van der Waals surface area (Å²) >= 11 is 0. The molecule has 1 spiro atoms. The molecule has 0 aliphatic carbocycles. The fraction of sp³-hybridized carbons (Fsp3) is 0.714. The van der Waals surface area contributed by atoms with Crippen LogP contribution in [-0.2, 0) is 9.53 Å². The summed E-state index contributed by atoms with van der Waals surface area (Å²) in [4.78, 5) is 15.2. The molecule has 0 bridgehead atoms. The van der Waals surface area contributed by atoms with E-state index in [0.717, 1.165) is 19.3 Å². The van der Waals surface area contributed by atoms with Crippen LogP contribution in [0.25, 0.3) is 0 Å². The van der Waals surface area contributed by atoms with Gasteiger partial charge in [0.05, 0.1) is 6.61 Å². The van der Waals surface area contributed by atoms with Crippen molar-refractivity contribution < 1.29 is 9.53 Å². The molecule has 0 N–H and O–H groups in total. The van der Waals surface area contributed by atoms with Gasteiger partial charge in [0.2, 0.25) is 0 Å². The highest BCUT2D eigenvalue weighted by atomic mass is 16.5. The Morgan fingerprint density at radius 2 is 2.50 bits per heavy atom. The van der Waals surface area contributed by atoms with Gasteiger partial charge >= 0.3 is 5.97 Å². The zero-order valence-corrected chi connectivity index (χ0v) is 5.67. The monoisotopic (exact) mass is 139 g/mol. The van der Waals surface area contributed by atoms with E-state index in [-0.39, 0.29) is 5.97 Å². The molecule has 0 aromatic carbocycles. The lowest BCUT2D eigenvalue weighted by molar-refractivity contribution is -0.142. The Hall–Kier alpha value is -0.860. The SMILES string of the molecule is O=C1OCCC12CCC=N2. The van der Waals surface area contributed by atoms with Gasteiger partial charge in [-0.1, -0.05) is 0 Å². The van der Waals surface area contributed by atoms with E-state index in [4.69, 9.17) is 4.74 Å². The number of hydrogen-bond acceptors (Lipinski definition) is 3. The van der Waals surface area contributed by atoms with Crippen LogP contribution in [0.1, 0.15) is 19.3 Å². The summed E-state index contributed by atoms with van der Waals surface area (Å²) in [6.45, 7) is 0.552. The molecule has 1 atom stereocenters. The Morgan fingerprint density at radius 1 is 1.60 bits per heavy atom. The molecule has 1 unspecified atom stereocenters. The quantitative estimate of drug-likeness (QED) is 0.459. The predicted octanol–water partition coefficient (Wildman–Crippen LogP) is 0.537. The zero-order valence-electron chi connectivity index (χ0n) is 5.67. The van der Waals surface area contributed by atoms with Gasteiger partial charge in [-0.05, 0) is 12.8 Å². The van der Waals surface area contributed by atoms with Crippen molar-refractivity contribution in [2.45, 2.75) is 24.8 Å². The third-order valence-corrected chi connectivity index (χ3v) is 2.15. The van der Waals surface area contributed by atoms with Crippen LogP contribution < -0.4 is 0 Å². The number of carbonyl (C=O) groups is 1. The Labute approximate surface area is 59.1 Å². The number of carbonyl (C=O) groups excluding carboxylic acids is 1. The van der Waals surface area contributed by atoms with Crippen molar-refractivity contribution >= 4 is 12.2 Å². The van der Waals surface area contributed by atoms with Crippen LogP contribution in [0.4, 0.5) is 0 Å². The maximum absolute atomic E-state index is 11.1. The zero-order chi connectivity index (χ0) is 7.03. The van der Waals surface area contributed by atoms with Crippen LogP contribution in [-0.4, -0.2) is 24.3 Å². The largest absolute Gasteiger partial charge is 0.464 e. The van der Waals surface area contributed by atoms with Crippen LogP contribution >= 0.6 is 0 Å². The average Bonchev–Trinajstić information content (AvgIpc) is 2.48. The second kappa shape index (κ2) is 1.81. The fourth-order valence-electron chi connectivity index (χ4n) is 1.50. The summed E-state index contributed by atoms with van der Waals surface area (Å²) in [6.07, 6.45) is 4.38. The van der Waals surface area contributed by atoms with E-state index in [2.05, 4.69) is 4.99 Å². The van der Waals surface area contributed by atoms with Crippen LogP contribution in [0.5, 0.6) is 0 Å². The molecule has 3 nitrogen and oxygen atoms in total. The van der Waals surface area contributed by atoms with Crippen molar-refractivity contribution in [3.8, 4) is 0 Å². The third-order valence-electron chi connectivity index (χ3n) is 2.15. The average molecular weight is 139 g/mol. The Bertz CT molecular complexity index is 200. The molecule has 3 heteroatoms. The van der Waals surface area contributed by atoms with E-state index in [0.29, 0.717) is 6.61 Å². The second-order valence-corrected chi connectivity index (χ2v) is 2.77. The Balaban J connectivity index is 2.28. The molecular weight excluding hydrogens is 130 g/mol. The van der Waals surface area contributed by atoms with E-state index >= 15 is 0 Å².